The highest BCUT2D eigenvalue weighted by atomic mass is 32.2. The van der Waals surface area contributed by atoms with Crippen molar-refractivity contribution < 1.29 is 27.5 Å². The molecule has 9 nitrogen and oxygen atoms in total. The molecule has 0 bridgehead atoms. The van der Waals surface area contributed by atoms with Crippen LogP contribution in [0.2, 0.25) is 0 Å². The predicted octanol–water partition coefficient (Wildman–Crippen LogP) is 0.380. The summed E-state index contributed by atoms with van der Waals surface area (Å²) in [5.74, 6) is -0.235. The standard InChI is InChI=1S/C14H15N3O6S2/c1-8-13(19)16-10-6-9(2-3-11(10)23-8)25(21,22)15-4-5-17-12(18)7-24-14(17)20/h2-3,6,8,15H,4-5,7H2,1H3,(H,16,19). The Bertz CT molecular complexity index is 838. The lowest BCUT2D eigenvalue weighted by Crippen LogP contribution is -2.37. The summed E-state index contributed by atoms with van der Waals surface area (Å²) in [6.07, 6.45) is -0.651. The number of fused-ring (bicyclic) bond motifs is 1. The van der Waals surface area contributed by atoms with Crippen molar-refractivity contribution in [3.8, 4) is 5.75 Å². The number of imide groups is 1. The topological polar surface area (TPSA) is 122 Å². The van der Waals surface area contributed by atoms with Gasteiger partial charge in [0.05, 0.1) is 16.3 Å². The molecule has 3 amide bonds. The molecular formula is C14H15N3O6S2. The van der Waals surface area contributed by atoms with Gasteiger partial charge in [-0.1, -0.05) is 11.8 Å². The maximum atomic E-state index is 12.3. The maximum absolute atomic E-state index is 12.3. The van der Waals surface area contributed by atoms with Crippen molar-refractivity contribution in [1.82, 2.24) is 9.62 Å². The van der Waals surface area contributed by atoms with E-state index in [-0.39, 0.29) is 46.5 Å². The second-order valence-electron chi connectivity index (χ2n) is 5.41. The maximum Gasteiger partial charge on any atom is 0.288 e. The molecule has 1 aromatic carbocycles. The second kappa shape index (κ2) is 6.65. The number of ether oxygens (including phenoxy) is 1. The SMILES string of the molecule is CC1Oc2ccc(S(=O)(=O)NCCN3C(=O)CSC3=O)cc2NC1=O. The first-order valence-electron chi connectivity index (χ1n) is 7.36. The van der Waals surface area contributed by atoms with Crippen LogP contribution in [0, 0.1) is 0 Å². The number of nitrogens with zero attached hydrogens (tertiary/aromatic N) is 1. The van der Waals surface area contributed by atoms with E-state index in [4.69, 9.17) is 4.74 Å². The number of hydrogen-bond acceptors (Lipinski definition) is 7. The predicted molar refractivity (Wildman–Crippen MR) is 89.9 cm³/mol. The van der Waals surface area contributed by atoms with Crippen LogP contribution in [0.4, 0.5) is 10.5 Å². The number of sulfonamides is 1. The van der Waals surface area contributed by atoms with Gasteiger partial charge in [-0.2, -0.15) is 0 Å². The van der Waals surface area contributed by atoms with Crippen LogP contribution in [0.3, 0.4) is 0 Å². The van der Waals surface area contributed by atoms with E-state index in [1.807, 2.05) is 0 Å². The minimum absolute atomic E-state index is 0.0355. The largest absolute Gasteiger partial charge is 0.479 e. The molecule has 3 rings (SSSR count). The Morgan fingerprint density at radius 1 is 1.36 bits per heavy atom. The highest BCUT2D eigenvalue weighted by Crippen LogP contribution is 2.31. The Morgan fingerprint density at radius 3 is 2.80 bits per heavy atom. The zero-order chi connectivity index (χ0) is 18.2. The summed E-state index contributed by atoms with van der Waals surface area (Å²) < 4.78 is 32.4. The molecule has 0 saturated carbocycles. The lowest BCUT2D eigenvalue weighted by atomic mass is 10.2. The normalized spacial score (nSPS) is 20.3. The summed E-state index contributed by atoms with van der Waals surface area (Å²) in [5, 5.41) is 2.20. The zero-order valence-electron chi connectivity index (χ0n) is 13.1. The van der Waals surface area contributed by atoms with Crippen LogP contribution >= 0.6 is 11.8 Å². The van der Waals surface area contributed by atoms with E-state index >= 15 is 0 Å². The first-order valence-corrected chi connectivity index (χ1v) is 9.83. The molecule has 2 heterocycles. The van der Waals surface area contributed by atoms with Gasteiger partial charge in [0, 0.05) is 13.1 Å². The van der Waals surface area contributed by atoms with Gasteiger partial charge < -0.3 is 10.1 Å². The van der Waals surface area contributed by atoms with Crippen LogP contribution < -0.4 is 14.8 Å². The number of carbonyl (C=O) groups is 3. The molecule has 25 heavy (non-hydrogen) atoms. The van der Waals surface area contributed by atoms with Crippen LogP contribution in [-0.4, -0.2) is 55.3 Å². The van der Waals surface area contributed by atoms with E-state index in [9.17, 15) is 22.8 Å². The van der Waals surface area contributed by atoms with E-state index in [1.165, 1.54) is 18.2 Å². The fourth-order valence-electron chi connectivity index (χ4n) is 2.33. The number of hydrogen-bond donors (Lipinski definition) is 2. The Hall–Kier alpha value is -2.11. The smallest absolute Gasteiger partial charge is 0.288 e. The molecule has 1 aromatic rings. The lowest BCUT2D eigenvalue weighted by molar-refractivity contribution is -0.124. The van der Waals surface area contributed by atoms with Gasteiger partial charge in [0.2, 0.25) is 15.9 Å². The van der Waals surface area contributed by atoms with Crippen molar-refractivity contribution in [2.75, 3.05) is 24.2 Å². The number of nitrogens with one attached hydrogen (secondary N) is 2. The fraction of sp³-hybridized carbons (Fsp3) is 0.357. The average molecular weight is 385 g/mol. The fourth-order valence-corrected chi connectivity index (χ4v) is 4.13. The molecule has 134 valence electrons. The minimum Gasteiger partial charge on any atom is -0.479 e. The van der Waals surface area contributed by atoms with E-state index in [1.54, 1.807) is 6.92 Å². The van der Waals surface area contributed by atoms with Crippen LogP contribution in [0.25, 0.3) is 0 Å². The number of benzene rings is 1. The quantitative estimate of drug-likeness (QED) is 0.751. The highest BCUT2D eigenvalue weighted by molar-refractivity contribution is 8.14. The van der Waals surface area contributed by atoms with Crippen LogP contribution in [0.5, 0.6) is 5.75 Å². The summed E-state index contributed by atoms with van der Waals surface area (Å²) in [6, 6.07) is 4.11. The molecule has 0 radical (unpaired) electrons. The van der Waals surface area contributed by atoms with Crippen molar-refractivity contribution >= 4 is 44.5 Å². The Morgan fingerprint density at radius 2 is 2.12 bits per heavy atom. The zero-order valence-corrected chi connectivity index (χ0v) is 14.8. The monoisotopic (exact) mass is 385 g/mol. The molecule has 0 aromatic heterocycles. The molecule has 0 aliphatic carbocycles. The minimum atomic E-state index is -3.86. The summed E-state index contributed by atoms with van der Waals surface area (Å²) in [6.45, 7) is 1.45. The molecule has 2 aliphatic heterocycles. The van der Waals surface area contributed by atoms with Crippen LogP contribution in [0.15, 0.2) is 23.1 Å². The van der Waals surface area contributed by atoms with Crippen molar-refractivity contribution in [2.45, 2.75) is 17.9 Å². The summed E-state index contributed by atoms with van der Waals surface area (Å²) in [4.78, 5) is 35.5. The number of thioether (sulfide) groups is 1. The third kappa shape index (κ3) is 3.62. The second-order valence-corrected chi connectivity index (χ2v) is 8.10. The van der Waals surface area contributed by atoms with Gasteiger partial charge in [0.1, 0.15) is 5.75 Å². The Balaban J connectivity index is 1.68. The molecule has 1 unspecified atom stereocenters. The summed E-state index contributed by atoms with van der Waals surface area (Å²) in [5.41, 5.74) is 0.271. The highest BCUT2D eigenvalue weighted by Gasteiger charge is 2.30. The molecule has 1 atom stereocenters. The van der Waals surface area contributed by atoms with Gasteiger partial charge in [-0.3, -0.25) is 19.3 Å². The molecule has 1 fully saturated rings. The third-order valence-corrected chi connectivity index (χ3v) is 5.98. The molecule has 2 aliphatic rings. The van der Waals surface area contributed by atoms with Crippen molar-refractivity contribution in [3.05, 3.63) is 18.2 Å². The molecule has 2 N–H and O–H groups in total. The third-order valence-electron chi connectivity index (χ3n) is 3.66. The van der Waals surface area contributed by atoms with Gasteiger partial charge in [-0.05, 0) is 25.1 Å². The van der Waals surface area contributed by atoms with Crippen molar-refractivity contribution in [3.63, 3.8) is 0 Å². The van der Waals surface area contributed by atoms with Crippen LogP contribution in [0.1, 0.15) is 6.92 Å². The van der Waals surface area contributed by atoms with Crippen LogP contribution in [-0.2, 0) is 19.6 Å². The number of amides is 3. The van der Waals surface area contributed by atoms with E-state index in [0.717, 1.165) is 16.7 Å². The van der Waals surface area contributed by atoms with Gasteiger partial charge >= 0.3 is 0 Å². The molecule has 0 spiro atoms. The van der Waals surface area contributed by atoms with Gasteiger partial charge in [-0.15, -0.1) is 0 Å². The number of rotatable bonds is 5. The summed E-state index contributed by atoms with van der Waals surface area (Å²) in [7, 11) is -3.86. The summed E-state index contributed by atoms with van der Waals surface area (Å²) >= 11 is 0.890. The van der Waals surface area contributed by atoms with E-state index < -0.39 is 16.1 Å². The first-order chi connectivity index (χ1) is 11.8. The number of anilines is 1. The van der Waals surface area contributed by atoms with Crippen molar-refractivity contribution in [2.24, 2.45) is 0 Å². The first kappa shape index (κ1) is 17.7. The molecule has 11 heteroatoms. The number of carbonyl (C=O) groups excluding carboxylic acids is 3. The van der Waals surface area contributed by atoms with Gasteiger partial charge in [-0.25, -0.2) is 13.1 Å². The van der Waals surface area contributed by atoms with E-state index in [0.29, 0.717) is 5.75 Å². The average Bonchev–Trinajstić information content (AvgIpc) is 2.87. The van der Waals surface area contributed by atoms with Crippen molar-refractivity contribution in [1.29, 1.82) is 0 Å². The van der Waals surface area contributed by atoms with Gasteiger partial charge in [0.25, 0.3) is 11.1 Å². The lowest BCUT2D eigenvalue weighted by Gasteiger charge is -2.23. The van der Waals surface area contributed by atoms with E-state index in [2.05, 4.69) is 10.0 Å². The molecular weight excluding hydrogens is 370 g/mol. The Kier molecular flexibility index (Phi) is 4.71. The van der Waals surface area contributed by atoms with Gasteiger partial charge in [0.15, 0.2) is 6.10 Å². The Labute approximate surface area is 148 Å². The molecule has 1 saturated heterocycles.